The van der Waals surface area contributed by atoms with Crippen molar-refractivity contribution in [3.8, 4) is 11.5 Å². The van der Waals surface area contributed by atoms with Gasteiger partial charge in [0.05, 0.1) is 12.6 Å². The Labute approximate surface area is 264 Å². The Hall–Kier alpha value is -5.60. The first kappa shape index (κ1) is 34.9. The molecule has 1 aliphatic rings. The van der Waals surface area contributed by atoms with Crippen molar-refractivity contribution in [3.05, 3.63) is 71.8 Å². The molecule has 0 saturated heterocycles. The van der Waals surface area contributed by atoms with Crippen molar-refractivity contribution >= 4 is 35.7 Å². The molecule has 5 amide bonds. The van der Waals surface area contributed by atoms with Gasteiger partial charge in [-0.3, -0.25) is 19.2 Å². The summed E-state index contributed by atoms with van der Waals surface area (Å²) in [7, 11) is 0. The number of cyclic esters (lactones) is 1. The van der Waals surface area contributed by atoms with Gasteiger partial charge in [-0.2, -0.15) is 0 Å². The number of carbonyl (C=O) groups excluding carboxylic acids is 5. The van der Waals surface area contributed by atoms with Crippen molar-refractivity contribution in [2.45, 2.75) is 50.9 Å². The molecule has 3 rings (SSSR count). The highest BCUT2D eigenvalue weighted by Crippen LogP contribution is 2.14. The van der Waals surface area contributed by atoms with E-state index in [1.807, 2.05) is 0 Å². The number of esters is 1. The fraction of sp³-hybridized carbons (Fsp3) is 0.355. The predicted molar refractivity (Wildman–Crippen MR) is 162 cm³/mol. The first-order chi connectivity index (χ1) is 21.8. The smallest absolute Gasteiger partial charge is 0.405 e. The van der Waals surface area contributed by atoms with Crippen LogP contribution in [0.4, 0.5) is 4.79 Å². The molecule has 8 N–H and O–H groups in total. The number of nitrogens with one attached hydrogen (secondary N) is 5. The van der Waals surface area contributed by atoms with Crippen molar-refractivity contribution in [1.29, 1.82) is 0 Å². The summed E-state index contributed by atoms with van der Waals surface area (Å²) in [5.41, 5.74) is 1.16. The van der Waals surface area contributed by atoms with Gasteiger partial charge in [0, 0.05) is 18.9 Å². The van der Waals surface area contributed by atoms with Crippen LogP contribution in [0.5, 0.6) is 11.5 Å². The number of phenols is 2. The second-order valence-corrected chi connectivity index (χ2v) is 10.9. The van der Waals surface area contributed by atoms with E-state index in [2.05, 4.69) is 26.6 Å². The third-order valence-corrected chi connectivity index (χ3v) is 6.87. The monoisotopic (exact) mass is 639 g/mol. The third-order valence-electron chi connectivity index (χ3n) is 6.87. The number of phenolic OH excluding ortho intramolecular Hbond substituents is 2. The Morgan fingerprint density at radius 2 is 1.54 bits per heavy atom. The van der Waals surface area contributed by atoms with Crippen LogP contribution in [-0.4, -0.2) is 88.3 Å². The van der Waals surface area contributed by atoms with E-state index in [0.29, 0.717) is 11.1 Å². The fourth-order valence-electron chi connectivity index (χ4n) is 4.45. The van der Waals surface area contributed by atoms with Gasteiger partial charge in [-0.05, 0) is 41.3 Å². The number of carboxylic acid groups (broad SMARTS) is 1. The van der Waals surface area contributed by atoms with Crippen LogP contribution in [0.1, 0.15) is 25.0 Å². The minimum Gasteiger partial charge on any atom is -0.508 e. The van der Waals surface area contributed by atoms with Crippen LogP contribution in [0.2, 0.25) is 0 Å². The largest absolute Gasteiger partial charge is 0.508 e. The van der Waals surface area contributed by atoms with Gasteiger partial charge in [-0.1, -0.05) is 44.2 Å². The van der Waals surface area contributed by atoms with Crippen LogP contribution in [0.25, 0.3) is 0 Å². The average molecular weight is 640 g/mol. The zero-order chi connectivity index (χ0) is 33.8. The molecular weight excluding hydrogens is 602 g/mol. The van der Waals surface area contributed by atoms with Crippen LogP contribution in [0, 0.1) is 5.92 Å². The highest BCUT2D eigenvalue weighted by Gasteiger charge is 2.31. The van der Waals surface area contributed by atoms with Gasteiger partial charge in [0.15, 0.2) is 0 Å². The van der Waals surface area contributed by atoms with Gasteiger partial charge in [-0.15, -0.1) is 0 Å². The molecule has 1 aliphatic heterocycles. The maximum Gasteiger partial charge on any atom is 0.405 e. The second kappa shape index (κ2) is 16.5. The topological polar surface area (TPSA) is 232 Å². The number of hydrogen-bond acceptors (Lipinski definition) is 9. The molecule has 0 bridgehead atoms. The highest BCUT2D eigenvalue weighted by molar-refractivity contribution is 5.95. The minimum absolute atomic E-state index is 0.00565. The number of carbonyl (C=O) groups is 6. The van der Waals surface area contributed by atoms with E-state index in [4.69, 9.17) is 9.84 Å². The van der Waals surface area contributed by atoms with Crippen molar-refractivity contribution in [3.63, 3.8) is 0 Å². The standard InChI is InChI=1S/C31H37N5O10/c1-17(2)27-29(42)34-24(14-19-5-10-22(38)11-6-19)30(43)46-16-20(7-12-25(39)36-27)33-26(40)15-32-28(41)23(35-31(44)45)13-18-3-8-21(37)9-4-18/h3-12,17,20,23-24,27,35,37-38H,13-16H2,1-2H3,(H,32,41)(H,33,40)(H,34,42)(H,36,39)(H,44,45)/b12-7+/t20-,23+,24+,27+/m1/s1. The summed E-state index contributed by atoms with van der Waals surface area (Å²) in [6.07, 6.45) is 0.850. The molecule has 15 heteroatoms. The molecule has 2 aromatic rings. The second-order valence-electron chi connectivity index (χ2n) is 10.9. The average Bonchev–Trinajstić information content (AvgIpc) is 3.00. The van der Waals surface area contributed by atoms with Crippen molar-refractivity contribution in [1.82, 2.24) is 26.6 Å². The molecule has 0 spiro atoms. The zero-order valence-corrected chi connectivity index (χ0v) is 25.2. The van der Waals surface area contributed by atoms with Crippen LogP contribution >= 0.6 is 0 Å². The summed E-state index contributed by atoms with van der Waals surface area (Å²) in [6, 6.07) is 7.37. The number of aromatic hydroxyl groups is 2. The van der Waals surface area contributed by atoms with E-state index in [1.54, 1.807) is 26.0 Å². The molecule has 0 aliphatic carbocycles. The Morgan fingerprint density at radius 3 is 2.13 bits per heavy atom. The van der Waals surface area contributed by atoms with E-state index >= 15 is 0 Å². The highest BCUT2D eigenvalue weighted by atomic mass is 16.5. The van der Waals surface area contributed by atoms with Gasteiger partial charge >= 0.3 is 12.1 Å². The van der Waals surface area contributed by atoms with Crippen LogP contribution in [-0.2, 0) is 41.6 Å². The molecule has 0 saturated carbocycles. The molecule has 2 aromatic carbocycles. The first-order valence-electron chi connectivity index (χ1n) is 14.4. The van der Waals surface area contributed by atoms with Gasteiger partial charge in [0.25, 0.3) is 0 Å². The lowest BCUT2D eigenvalue weighted by molar-refractivity contribution is -0.149. The Kier molecular flexibility index (Phi) is 12.5. The Bertz CT molecular complexity index is 1440. The molecule has 246 valence electrons. The summed E-state index contributed by atoms with van der Waals surface area (Å²) in [4.78, 5) is 75.6. The number of benzene rings is 2. The number of hydrogen-bond donors (Lipinski definition) is 8. The van der Waals surface area contributed by atoms with E-state index in [9.17, 15) is 39.0 Å². The molecule has 0 fully saturated rings. The normalized spacial score (nSPS) is 20.1. The summed E-state index contributed by atoms with van der Waals surface area (Å²) in [5.74, 6) is -3.91. The quantitative estimate of drug-likeness (QED) is 0.160. The number of rotatable bonds is 10. The van der Waals surface area contributed by atoms with Crippen molar-refractivity contribution in [2.24, 2.45) is 5.92 Å². The summed E-state index contributed by atoms with van der Waals surface area (Å²) in [6.45, 7) is 2.42. The minimum atomic E-state index is -1.46. The van der Waals surface area contributed by atoms with Gasteiger partial charge < -0.3 is 46.6 Å². The molecular formula is C31H37N5O10. The van der Waals surface area contributed by atoms with E-state index in [-0.39, 0.29) is 30.3 Å². The Morgan fingerprint density at radius 1 is 0.935 bits per heavy atom. The molecule has 4 atom stereocenters. The maximum atomic E-state index is 13.1. The fourth-order valence-corrected chi connectivity index (χ4v) is 4.45. The van der Waals surface area contributed by atoms with Crippen molar-refractivity contribution in [2.75, 3.05) is 13.2 Å². The molecule has 0 unspecified atom stereocenters. The molecule has 1 heterocycles. The summed E-state index contributed by atoms with van der Waals surface area (Å²) in [5, 5.41) is 40.4. The van der Waals surface area contributed by atoms with Crippen molar-refractivity contribution < 1.29 is 48.8 Å². The lowest BCUT2D eigenvalue weighted by Gasteiger charge is -2.26. The summed E-state index contributed by atoms with van der Waals surface area (Å²) >= 11 is 0. The summed E-state index contributed by atoms with van der Waals surface area (Å²) < 4.78 is 5.42. The third kappa shape index (κ3) is 11.2. The zero-order valence-electron chi connectivity index (χ0n) is 25.2. The first-order valence-corrected chi connectivity index (χ1v) is 14.4. The van der Waals surface area contributed by atoms with Gasteiger partial charge in [0.1, 0.15) is 36.2 Å². The lowest BCUT2D eigenvalue weighted by Crippen LogP contribution is -2.55. The van der Waals surface area contributed by atoms with Crippen LogP contribution in [0.15, 0.2) is 60.7 Å². The predicted octanol–water partition coefficient (Wildman–Crippen LogP) is -0.141. The number of amides is 5. The number of ether oxygens (including phenoxy) is 1. The maximum absolute atomic E-state index is 13.1. The molecule has 0 aromatic heterocycles. The SMILES string of the molecule is CC(C)[C@@H]1NC(=O)/C=C/[C@@H](NC(=O)CNC(=O)[C@H](Cc2ccc(O)cc2)NC(=O)O)COC(=O)[C@H](Cc2ccc(O)cc2)NC1=O. The molecule has 0 radical (unpaired) electrons. The van der Waals surface area contributed by atoms with Crippen LogP contribution < -0.4 is 26.6 Å². The molecule has 46 heavy (non-hydrogen) atoms. The lowest BCUT2D eigenvalue weighted by atomic mass is 10.0. The Balaban J connectivity index is 1.70. The van der Waals surface area contributed by atoms with Gasteiger partial charge in [-0.25, -0.2) is 9.59 Å². The molecule has 15 nitrogen and oxygen atoms in total. The van der Waals surface area contributed by atoms with Crippen LogP contribution in [0.3, 0.4) is 0 Å². The van der Waals surface area contributed by atoms with E-state index < -0.39 is 73.0 Å². The van der Waals surface area contributed by atoms with E-state index in [1.165, 1.54) is 42.5 Å². The van der Waals surface area contributed by atoms with E-state index in [0.717, 1.165) is 6.08 Å². The van der Waals surface area contributed by atoms with Gasteiger partial charge in [0.2, 0.25) is 23.6 Å².